The molecule has 1 aromatic rings. The summed E-state index contributed by atoms with van der Waals surface area (Å²) in [4.78, 5) is 16.1. The Morgan fingerprint density at radius 3 is 2.52 bits per heavy atom. The van der Waals surface area contributed by atoms with E-state index in [9.17, 15) is 4.79 Å². The van der Waals surface area contributed by atoms with Crippen molar-refractivity contribution in [2.24, 2.45) is 0 Å². The van der Waals surface area contributed by atoms with Gasteiger partial charge in [0.2, 0.25) is 5.88 Å². The van der Waals surface area contributed by atoms with Crippen LogP contribution in [0.1, 0.15) is 39.4 Å². The smallest absolute Gasteiger partial charge is 0.338 e. The van der Waals surface area contributed by atoms with Crippen molar-refractivity contribution in [3.63, 3.8) is 0 Å². The molecule has 2 atom stereocenters. The fourth-order valence-corrected chi connectivity index (χ4v) is 2.12. The van der Waals surface area contributed by atoms with Crippen molar-refractivity contribution in [3.8, 4) is 5.88 Å². The third-order valence-electron chi connectivity index (χ3n) is 3.27. The number of carbonyl (C=O) groups is 1. The van der Waals surface area contributed by atoms with E-state index >= 15 is 0 Å². The molecule has 2 rings (SSSR count). The van der Waals surface area contributed by atoms with Gasteiger partial charge in [-0.25, -0.2) is 9.78 Å². The predicted molar refractivity (Wildman–Crippen MR) is 90.5 cm³/mol. The van der Waals surface area contributed by atoms with Crippen LogP contribution in [0.3, 0.4) is 0 Å². The first-order chi connectivity index (χ1) is 11.9. The third kappa shape index (κ3) is 6.97. The van der Waals surface area contributed by atoms with Crippen molar-refractivity contribution >= 4 is 5.97 Å². The molecule has 7 nitrogen and oxygen atoms in total. The summed E-state index contributed by atoms with van der Waals surface area (Å²) in [5, 5.41) is 0. The first-order valence-electron chi connectivity index (χ1n) is 8.53. The van der Waals surface area contributed by atoms with E-state index in [4.69, 9.17) is 23.7 Å². The van der Waals surface area contributed by atoms with Crippen molar-refractivity contribution in [2.75, 3.05) is 33.0 Å². The van der Waals surface area contributed by atoms with E-state index in [1.54, 1.807) is 12.3 Å². The zero-order chi connectivity index (χ0) is 18.3. The molecule has 1 saturated heterocycles. The molecular formula is C18H27NO6. The molecule has 0 aromatic carbocycles. The average molecular weight is 353 g/mol. The maximum absolute atomic E-state index is 11.9. The molecule has 1 aromatic heterocycles. The van der Waals surface area contributed by atoms with Gasteiger partial charge in [0.25, 0.3) is 0 Å². The number of esters is 1. The lowest BCUT2D eigenvalue weighted by atomic mass is 10.1. The molecule has 0 aliphatic carbocycles. The van der Waals surface area contributed by atoms with Gasteiger partial charge >= 0.3 is 5.97 Å². The van der Waals surface area contributed by atoms with Gasteiger partial charge in [0.1, 0.15) is 18.3 Å². The number of carbonyl (C=O) groups excluding carboxylic acids is 1. The number of nitrogens with zero attached hydrogens (tertiary/aromatic N) is 1. The largest absolute Gasteiger partial charge is 0.475 e. The molecular weight excluding hydrogens is 326 g/mol. The Morgan fingerprint density at radius 1 is 1.16 bits per heavy atom. The molecule has 0 N–H and O–H groups in total. The van der Waals surface area contributed by atoms with Crippen LogP contribution in [0, 0.1) is 0 Å². The highest BCUT2D eigenvalue weighted by atomic mass is 16.6. The number of ether oxygens (including phenoxy) is 5. The van der Waals surface area contributed by atoms with E-state index in [-0.39, 0.29) is 12.1 Å². The summed E-state index contributed by atoms with van der Waals surface area (Å²) in [5.41, 5.74) is 0.310. The van der Waals surface area contributed by atoms with E-state index in [0.29, 0.717) is 38.9 Å². The molecule has 0 amide bonds. The highest BCUT2D eigenvalue weighted by Gasteiger charge is 2.48. The maximum Gasteiger partial charge on any atom is 0.338 e. The average Bonchev–Trinajstić information content (AvgIpc) is 3.34. The SMILES string of the molecule is CCOCCOCCOc1ccc([C@@H]2O[C@H]2C(=O)OC(C)(C)C)cn1. The summed E-state index contributed by atoms with van der Waals surface area (Å²) in [7, 11) is 0. The summed E-state index contributed by atoms with van der Waals surface area (Å²) >= 11 is 0. The molecule has 1 aliphatic heterocycles. The minimum Gasteiger partial charge on any atom is -0.475 e. The third-order valence-corrected chi connectivity index (χ3v) is 3.27. The van der Waals surface area contributed by atoms with Crippen LogP contribution in [0.2, 0.25) is 0 Å². The fourth-order valence-electron chi connectivity index (χ4n) is 2.12. The number of rotatable bonds is 10. The van der Waals surface area contributed by atoms with Crippen molar-refractivity contribution < 1.29 is 28.5 Å². The molecule has 0 radical (unpaired) electrons. The van der Waals surface area contributed by atoms with Gasteiger partial charge in [0.15, 0.2) is 6.10 Å². The number of aromatic nitrogens is 1. The van der Waals surface area contributed by atoms with E-state index in [0.717, 1.165) is 5.56 Å². The van der Waals surface area contributed by atoms with Crippen molar-refractivity contribution in [1.29, 1.82) is 0 Å². The minimum atomic E-state index is -0.550. The first-order valence-corrected chi connectivity index (χ1v) is 8.53. The van der Waals surface area contributed by atoms with Crippen LogP contribution >= 0.6 is 0 Å². The van der Waals surface area contributed by atoms with Gasteiger partial charge in [0.05, 0.1) is 19.8 Å². The Hall–Kier alpha value is -1.70. The van der Waals surface area contributed by atoms with Crippen molar-refractivity contribution in [2.45, 2.75) is 45.5 Å². The molecule has 25 heavy (non-hydrogen) atoms. The number of epoxide rings is 1. The minimum absolute atomic E-state index is 0.293. The molecule has 1 fully saturated rings. The lowest BCUT2D eigenvalue weighted by Gasteiger charge is -2.18. The second kappa shape index (κ2) is 9.12. The number of pyridine rings is 1. The van der Waals surface area contributed by atoms with Crippen LogP contribution in [0.15, 0.2) is 18.3 Å². The molecule has 0 unspecified atom stereocenters. The Kier molecular flexibility index (Phi) is 7.16. The second-order valence-corrected chi connectivity index (χ2v) is 6.60. The first kappa shape index (κ1) is 19.6. The van der Waals surface area contributed by atoms with Gasteiger partial charge in [-0.05, 0) is 33.8 Å². The Bertz CT molecular complexity index is 539. The van der Waals surface area contributed by atoms with E-state index in [2.05, 4.69) is 4.98 Å². The normalized spacial score (nSPS) is 19.5. The molecule has 140 valence electrons. The fraction of sp³-hybridized carbons (Fsp3) is 0.667. The van der Waals surface area contributed by atoms with Crippen LogP contribution in [-0.4, -0.2) is 55.7 Å². The zero-order valence-corrected chi connectivity index (χ0v) is 15.3. The topological polar surface area (TPSA) is 79.4 Å². The van der Waals surface area contributed by atoms with Crippen LogP contribution in [0.25, 0.3) is 0 Å². The van der Waals surface area contributed by atoms with E-state index in [1.165, 1.54) is 0 Å². The second-order valence-electron chi connectivity index (χ2n) is 6.60. The quantitative estimate of drug-likeness (QED) is 0.363. The number of hydrogen-bond acceptors (Lipinski definition) is 7. The van der Waals surface area contributed by atoms with Crippen molar-refractivity contribution in [3.05, 3.63) is 23.9 Å². The highest BCUT2D eigenvalue weighted by molar-refractivity contribution is 5.78. The standard InChI is InChI=1S/C18H27NO6/c1-5-21-8-9-22-10-11-23-14-7-6-13(12-19-14)15-16(24-15)17(20)25-18(2,3)4/h6-7,12,15-16H,5,8-11H2,1-4H3/t15-,16+/m0/s1. The number of hydrogen-bond donors (Lipinski definition) is 0. The summed E-state index contributed by atoms with van der Waals surface area (Å²) in [6.07, 6.45) is 0.810. The monoisotopic (exact) mass is 353 g/mol. The van der Waals surface area contributed by atoms with Gasteiger partial charge in [-0.2, -0.15) is 0 Å². The maximum atomic E-state index is 11.9. The summed E-state index contributed by atoms with van der Waals surface area (Å²) in [5.74, 6) is 0.161. The molecule has 0 saturated carbocycles. The molecule has 2 heterocycles. The zero-order valence-electron chi connectivity index (χ0n) is 15.3. The molecule has 1 aliphatic rings. The van der Waals surface area contributed by atoms with Gasteiger partial charge in [0, 0.05) is 24.4 Å². The van der Waals surface area contributed by atoms with Gasteiger partial charge in [-0.15, -0.1) is 0 Å². The Labute approximate surface area is 148 Å². The summed E-state index contributed by atoms with van der Waals surface area (Å²) < 4.78 is 26.7. The summed E-state index contributed by atoms with van der Waals surface area (Å²) in [6.45, 7) is 10.2. The predicted octanol–water partition coefficient (Wildman–Crippen LogP) is 2.30. The van der Waals surface area contributed by atoms with Crippen molar-refractivity contribution in [1.82, 2.24) is 4.98 Å². The lowest BCUT2D eigenvalue weighted by molar-refractivity contribution is -0.156. The molecule has 0 bridgehead atoms. The van der Waals surface area contributed by atoms with E-state index < -0.39 is 11.7 Å². The summed E-state index contributed by atoms with van der Waals surface area (Å²) in [6, 6.07) is 3.59. The van der Waals surface area contributed by atoms with Crippen LogP contribution in [0.5, 0.6) is 5.88 Å². The Morgan fingerprint density at radius 2 is 1.88 bits per heavy atom. The van der Waals surface area contributed by atoms with Crippen LogP contribution in [-0.2, 0) is 23.7 Å². The van der Waals surface area contributed by atoms with E-state index in [1.807, 2.05) is 33.8 Å². The Balaban J connectivity index is 1.68. The van der Waals surface area contributed by atoms with Crippen LogP contribution in [0.4, 0.5) is 0 Å². The van der Waals surface area contributed by atoms with Gasteiger partial charge < -0.3 is 23.7 Å². The van der Waals surface area contributed by atoms with Gasteiger partial charge in [-0.1, -0.05) is 0 Å². The molecule has 7 heteroatoms. The lowest BCUT2D eigenvalue weighted by Crippen LogP contribution is -2.26. The molecule has 0 spiro atoms. The highest BCUT2D eigenvalue weighted by Crippen LogP contribution is 2.40. The van der Waals surface area contributed by atoms with Crippen LogP contribution < -0.4 is 4.74 Å². The van der Waals surface area contributed by atoms with Gasteiger partial charge in [-0.3, -0.25) is 0 Å².